The highest BCUT2D eigenvalue weighted by Crippen LogP contribution is 2.27. The SMILES string of the molecule is CCCC(C)CC(C)C(CCC)C(=O)OCC. The Hall–Kier alpha value is -0.530. The second-order valence-corrected chi connectivity index (χ2v) is 5.25. The van der Waals surface area contributed by atoms with Crippen LogP contribution in [0.2, 0.25) is 0 Å². The number of rotatable bonds is 9. The van der Waals surface area contributed by atoms with Gasteiger partial charge in [0, 0.05) is 0 Å². The molecular formula is C15H30O2. The molecular weight excluding hydrogens is 212 g/mol. The Labute approximate surface area is 107 Å². The molecule has 0 spiro atoms. The fraction of sp³-hybridized carbons (Fsp3) is 0.933. The van der Waals surface area contributed by atoms with Crippen LogP contribution in [-0.2, 0) is 9.53 Å². The molecule has 0 saturated carbocycles. The van der Waals surface area contributed by atoms with Gasteiger partial charge in [0.15, 0.2) is 0 Å². The molecule has 2 heteroatoms. The van der Waals surface area contributed by atoms with Crippen LogP contribution < -0.4 is 0 Å². The summed E-state index contributed by atoms with van der Waals surface area (Å²) in [5, 5.41) is 0. The molecule has 0 aromatic rings. The average molecular weight is 242 g/mol. The summed E-state index contributed by atoms with van der Waals surface area (Å²) in [6, 6.07) is 0. The summed E-state index contributed by atoms with van der Waals surface area (Å²) in [4.78, 5) is 11.9. The normalized spacial score (nSPS) is 16.3. The molecule has 0 bridgehead atoms. The lowest BCUT2D eigenvalue weighted by Crippen LogP contribution is -2.25. The first-order valence-electron chi connectivity index (χ1n) is 7.23. The molecule has 0 aliphatic heterocycles. The zero-order valence-electron chi connectivity index (χ0n) is 12.3. The molecule has 0 amide bonds. The van der Waals surface area contributed by atoms with Gasteiger partial charge in [-0.15, -0.1) is 0 Å². The maximum absolute atomic E-state index is 11.9. The predicted octanol–water partition coefficient (Wildman–Crippen LogP) is 4.43. The minimum atomic E-state index is 0.00514. The van der Waals surface area contributed by atoms with Crippen molar-refractivity contribution < 1.29 is 9.53 Å². The fourth-order valence-corrected chi connectivity index (χ4v) is 2.60. The van der Waals surface area contributed by atoms with Gasteiger partial charge in [0.25, 0.3) is 0 Å². The minimum absolute atomic E-state index is 0.00514. The van der Waals surface area contributed by atoms with Gasteiger partial charge in [-0.3, -0.25) is 4.79 Å². The van der Waals surface area contributed by atoms with Crippen LogP contribution in [0, 0.1) is 17.8 Å². The van der Waals surface area contributed by atoms with Crippen LogP contribution in [-0.4, -0.2) is 12.6 Å². The van der Waals surface area contributed by atoms with Crippen molar-refractivity contribution in [2.75, 3.05) is 6.61 Å². The molecule has 0 aliphatic rings. The lowest BCUT2D eigenvalue weighted by Gasteiger charge is -2.24. The van der Waals surface area contributed by atoms with Gasteiger partial charge in [0.05, 0.1) is 12.5 Å². The Balaban J connectivity index is 4.31. The van der Waals surface area contributed by atoms with E-state index in [1.807, 2.05) is 6.92 Å². The molecule has 0 aromatic heterocycles. The Morgan fingerprint density at radius 3 is 2.12 bits per heavy atom. The first kappa shape index (κ1) is 16.5. The lowest BCUT2D eigenvalue weighted by molar-refractivity contribution is -0.150. The van der Waals surface area contributed by atoms with E-state index >= 15 is 0 Å². The molecule has 0 aromatic carbocycles. The molecule has 102 valence electrons. The number of ether oxygens (including phenoxy) is 1. The highest BCUT2D eigenvalue weighted by atomic mass is 16.5. The minimum Gasteiger partial charge on any atom is -0.466 e. The summed E-state index contributed by atoms with van der Waals surface area (Å²) in [5.74, 6) is 1.25. The van der Waals surface area contributed by atoms with Crippen LogP contribution in [0.5, 0.6) is 0 Å². The standard InChI is InChI=1S/C15H30O2/c1-6-9-12(4)11-13(5)14(10-7-2)15(16)17-8-3/h12-14H,6-11H2,1-5H3. The number of esters is 1. The van der Waals surface area contributed by atoms with Crippen LogP contribution in [0.25, 0.3) is 0 Å². The maximum atomic E-state index is 11.9. The van der Waals surface area contributed by atoms with E-state index in [-0.39, 0.29) is 11.9 Å². The Kier molecular flexibility index (Phi) is 9.20. The van der Waals surface area contributed by atoms with Crippen molar-refractivity contribution in [2.24, 2.45) is 17.8 Å². The summed E-state index contributed by atoms with van der Waals surface area (Å²) < 4.78 is 5.18. The van der Waals surface area contributed by atoms with Crippen LogP contribution in [0.3, 0.4) is 0 Å². The molecule has 0 heterocycles. The van der Waals surface area contributed by atoms with Crippen LogP contribution in [0.15, 0.2) is 0 Å². The summed E-state index contributed by atoms with van der Waals surface area (Å²) in [6.45, 7) is 11.2. The van der Waals surface area contributed by atoms with Crippen molar-refractivity contribution in [3.63, 3.8) is 0 Å². The van der Waals surface area contributed by atoms with Gasteiger partial charge < -0.3 is 4.74 Å². The van der Waals surface area contributed by atoms with Crippen molar-refractivity contribution in [1.29, 1.82) is 0 Å². The van der Waals surface area contributed by atoms with Gasteiger partial charge in [0.2, 0.25) is 0 Å². The van der Waals surface area contributed by atoms with E-state index in [4.69, 9.17) is 4.74 Å². The van der Waals surface area contributed by atoms with E-state index in [0.29, 0.717) is 18.4 Å². The summed E-state index contributed by atoms with van der Waals surface area (Å²) in [7, 11) is 0. The van der Waals surface area contributed by atoms with Gasteiger partial charge in [-0.2, -0.15) is 0 Å². The highest BCUT2D eigenvalue weighted by Gasteiger charge is 2.26. The number of carbonyl (C=O) groups is 1. The van der Waals surface area contributed by atoms with Crippen molar-refractivity contribution in [3.05, 3.63) is 0 Å². The molecule has 17 heavy (non-hydrogen) atoms. The molecule has 0 fully saturated rings. The molecule has 0 radical (unpaired) electrons. The smallest absolute Gasteiger partial charge is 0.309 e. The van der Waals surface area contributed by atoms with Crippen molar-refractivity contribution in [2.45, 2.75) is 66.7 Å². The molecule has 2 nitrogen and oxygen atoms in total. The average Bonchev–Trinajstić information content (AvgIpc) is 2.26. The van der Waals surface area contributed by atoms with E-state index in [1.54, 1.807) is 0 Å². The van der Waals surface area contributed by atoms with E-state index in [1.165, 1.54) is 12.8 Å². The number of hydrogen-bond acceptors (Lipinski definition) is 2. The molecule has 0 rings (SSSR count). The van der Waals surface area contributed by atoms with Gasteiger partial charge in [0.1, 0.15) is 0 Å². The quantitative estimate of drug-likeness (QED) is 0.559. The first-order chi connectivity index (χ1) is 8.06. The second-order valence-electron chi connectivity index (χ2n) is 5.25. The van der Waals surface area contributed by atoms with E-state index in [0.717, 1.165) is 19.3 Å². The third-order valence-corrected chi connectivity index (χ3v) is 3.43. The van der Waals surface area contributed by atoms with Crippen LogP contribution in [0.4, 0.5) is 0 Å². The maximum Gasteiger partial charge on any atom is 0.309 e. The third kappa shape index (κ3) is 6.70. The summed E-state index contributed by atoms with van der Waals surface area (Å²) in [6.07, 6.45) is 5.63. The third-order valence-electron chi connectivity index (χ3n) is 3.43. The van der Waals surface area contributed by atoms with Gasteiger partial charge in [-0.05, 0) is 31.6 Å². The van der Waals surface area contributed by atoms with Crippen molar-refractivity contribution >= 4 is 5.97 Å². The van der Waals surface area contributed by atoms with Gasteiger partial charge >= 0.3 is 5.97 Å². The second kappa shape index (κ2) is 9.49. The van der Waals surface area contributed by atoms with Gasteiger partial charge in [-0.1, -0.05) is 47.0 Å². The Morgan fingerprint density at radius 1 is 1.06 bits per heavy atom. The molecule has 3 unspecified atom stereocenters. The molecule has 0 aliphatic carbocycles. The molecule has 0 N–H and O–H groups in total. The van der Waals surface area contributed by atoms with Gasteiger partial charge in [-0.25, -0.2) is 0 Å². The summed E-state index contributed by atoms with van der Waals surface area (Å²) >= 11 is 0. The monoisotopic (exact) mass is 242 g/mol. The Morgan fingerprint density at radius 2 is 1.65 bits per heavy atom. The largest absolute Gasteiger partial charge is 0.466 e. The van der Waals surface area contributed by atoms with Crippen molar-refractivity contribution in [3.8, 4) is 0 Å². The van der Waals surface area contributed by atoms with E-state index in [9.17, 15) is 4.79 Å². The number of hydrogen-bond donors (Lipinski definition) is 0. The van der Waals surface area contributed by atoms with E-state index < -0.39 is 0 Å². The first-order valence-corrected chi connectivity index (χ1v) is 7.23. The topological polar surface area (TPSA) is 26.3 Å². The lowest BCUT2D eigenvalue weighted by atomic mass is 9.82. The predicted molar refractivity (Wildman–Crippen MR) is 72.9 cm³/mol. The summed E-state index contributed by atoms with van der Waals surface area (Å²) in [5.41, 5.74) is 0. The van der Waals surface area contributed by atoms with Crippen LogP contribution in [0.1, 0.15) is 66.7 Å². The zero-order valence-corrected chi connectivity index (χ0v) is 12.3. The molecule has 3 atom stereocenters. The van der Waals surface area contributed by atoms with Crippen molar-refractivity contribution in [1.82, 2.24) is 0 Å². The Bertz CT molecular complexity index is 201. The molecule has 0 saturated heterocycles. The number of carbonyl (C=O) groups excluding carboxylic acids is 1. The van der Waals surface area contributed by atoms with Crippen LogP contribution >= 0.6 is 0 Å². The highest BCUT2D eigenvalue weighted by molar-refractivity contribution is 5.72. The fourth-order valence-electron chi connectivity index (χ4n) is 2.60. The zero-order chi connectivity index (χ0) is 13.3. The van der Waals surface area contributed by atoms with E-state index in [2.05, 4.69) is 27.7 Å².